The van der Waals surface area contributed by atoms with Crippen LogP contribution in [0.25, 0.3) is 21.9 Å². The van der Waals surface area contributed by atoms with Gasteiger partial charge in [-0.15, -0.1) is 11.8 Å². The molecule has 1 aliphatic heterocycles. The summed E-state index contributed by atoms with van der Waals surface area (Å²) in [4.78, 5) is 2.64. The van der Waals surface area contributed by atoms with Crippen LogP contribution in [0.2, 0.25) is 0 Å². The molecule has 30 heavy (non-hydrogen) atoms. The lowest BCUT2D eigenvalue weighted by Crippen LogP contribution is -2.42. The summed E-state index contributed by atoms with van der Waals surface area (Å²) in [5.74, 6) is 0. The largest absolute Gasteiger partial charge is 0.454 e. The quantitative estimate of drug-likeness (QED) is 0.330. The number of hydrogen-bond acceptors (Lipinski definition) is 3. The Balaban J connectivity index is 1.72. The van der Waals surface area contributed by atoms with E-state index in [9.17, 15) is 0 Å². The summed E-state index contributed by atoms with van der Waals surface area (Å²) < 4.78 is 6.48. The Morgan fingerprint density at radius 1 is 0.867 bits per heavy atom. The first-order valence-corrected chi connectivity index (χ1v) is 11.7. The summed E-state index contributed by atoms with van der Waals surface area (Å²) in [6.45, 7) is 11.6. The summed E-state index contributed by atoms with van der Waals surface area (Å²) in [5.41, 5.74) is 6.04. The van der Waals surface area contributed by atoms with Crippen LogP contribution in [-0.2, 0) is 0 Å². The molecule has 5 rings (SSSR count). The van der Waals surface area contributed by atoms with E-state index in [2.05, 4.69) is 118 Å². The third kappa shape index (κ3) is 3.02. The fraction of sp³-hybridized carbons (Fsp3) is 0.333. The monoisotopic (exact) mass is 415 g/mol. The van der Waals surface area contributed by atoms with Crippen LogP contribution < -0.4 is 4.90 Å². The molecule has 4 aromatic rings. The van der Waals surface area contributed by atoms with E-state index < -0.39 is 0 Å². The number of rotatable bonds is 2. The van der Waals surface area contributed by atoms with E-state index in [4.69, 9.17) is 4.42 Å². The second-order valence-electron chi connectivity index (χ2n) is 9.54. The zero-order valence-corrected chi connectivity index (χ0v) is 19.2. The highest BCUT2D eigenvalue weighted by Gasteiger charge is 2.46. The Morgan fingerprint density at radius 2 is 1.57 bits per heavy atom. The maximum Gasteiger partial charge on any atom is 0.159 e. The number of anilines is 1. The minimum Gasteiger partial charge on any atom is -0.454 e. The fourth-order valence-electron chi connectivity index (χ4n) is 4.81. The van der Waals surface area contributed by atoms with Gasteiger partial charge in [-0.1, -0.05) is 81.4 Å². The van der Waals surface area contributed by atoms with Gasteiger partial charge in [0.05, 0.1) is 16.3 Å². The molecule has 2 nitrogen and oxygen atoms in total. The van der Waals surface area contributed by atoms with Crippen LogP contribution >= 0.6 is 11.8 Å². The molecule has 0 aliphatic carbocycles. The van der Waals surface area contributed by atoms with Crippen molar-refractivity contribution in [3.8, 4) is 0 Å². The molecule has 3 atom stereocenters. The highest BCUT2D eigenvalue weighted by molar-refractivity contribution is 8.00. The van der Waals surface area contributed by atoms with E-state index in [0.29, 0.717) is 16.7 Å². The predicted molar refractivity (Wildman–Crippen MR) is 130 cm³/mol. The lowest BCUT2D eigenvalue weighted by atomic mass is 9.93. The van der Waals surface area contributed by atoms with Gasteiger partial charge in [0.15, 0.2) is 5.58 Å². The number of furan rings is 1. The number of fused-ring (bicyclic) bond motifs is 3. The summed E-state index contributed by atoms with van der Waals surface area (Å²) in [7, 11) is 0. The van der Waals surface area contributed by atoms with Gasteiger partial charge in [0, 0.05) is 16.8 Å². The van der Waals surface area contributed by atoms with Gasteiger partial charge in [-0.05, 0) is 36.5 Å². The molecule has 0 bridgehead atoms. The van der Waals surface area contributed by atoms with Crippen LogP contribution in [0, 0.1) is 12.3 Å². The normalized spacial score (nSPS) is 22.3. The van der Waals surface area contributed by atoms with Crippen LogP contribution in [0.4, 0.5) is 5.69 Å². The summed E-state index contributed by atoms with van der Waals surface area (Å²) in [6, 6.07) is 24.2. The second-order valence-corrected chi connectivity index (χ2v) is 10.8. The fourth-order valence-corrected chi connectivity index (χ4v) is 6.60. The maximum absolute atomic E-state index is 6.48. The van der Waals surface area contributed by atoms with Gasteiger partial charge < -0.3 is 9.32 Å². The molecule has 0 amide bonds. The van der Waals surface area contributed by atoms with E-state index in [1.165, 1.54) is 27.6 Å². The van der Waals surface area contributed by atoms with Crippen molar-refractivity contribution in [1.29, 1.82) is 0 Å². The van der Waals surface area contributed by atoms with Gasteiger partial charge in [0.1, 0.15) is 5.58 Å². The molecule has 0 saturated carbocycles. The van der Waals surface area contributed by atoms with Crippen LogP contribution in [0.5, 0.6) is 0 Å². The average Bonchev–Trinajstić information content (AvgIpc) is 3.26. The summed E-state index contributed by atoms with van der Waals surface area (Å²) in [6.07, 6.45) is 0. The van der Waals surface area contributed by atoms with Crippen LogP contribution in [0.15, 0.2) is 71.1 Å². The van der Waals surface area contributed by atoms with Crippen LogP contribution in [-0.4, -0.2) is 11.4 Å². The van der Waals surface area contributed by atoms with Gasteiger partial charge >= 0.3 is 0 Å². The van der Waals surface area contributed by atoms with Crippen molar-refractivity contribution in [2.75, 3.05) is 4.90 Å². The first-order chi connectivity index (χ1) is 14.4. The molecular formula is C27H29NOS. The first kappa shape index (κ1) is 19.6. The number of benzene rings is 3. The highest BCUT2D eigenvalue weighted by atomic mass is 32.2. The minimum absolute atomic E-state index is 0.128. The van der Waals surface area contributed by atoms with Crippen molar-refractivity contribution in [3.63, 3.8) is 0 Å². The van der Waals surface area contributed by atoms with Crippen LogP contribution in [0.3, 0.4) is 0 Å². The van der Waals surface area contributed by atoms with Crippen molar-refractivity contribution >= 4 is 39.4 Å². The molecular weight excluding hydrogens is 386 g/mol. The molecule has 1 fully saturated rings. The van der Waals surface area contributed by atoms with Gasteiger partial charge in [0.25, 0.3) is 0 Å². The Bertz CT molecular complexity index is 1200. The van der Waals surface area contributed by atoms with E-state index in [-0.39, 0.29) is 5.41 Å². The van der Waals surface area contributed by atoms with E-state index >= 15 is 0 Å². The van der Waals surface area contributed by atoms with Crippen molar-refractivity contribution in [2.24, 2.45) is 5.41 Å². The molecule has 3 heteroatoms. The van der Waals surface area contributed by atoms with Gasteiger partial charge in [-0.25, -0.2) is 0 Å². The Kier molecular flexibility index (Phi) is 4.62. The minimum atomic E-state index is 0.128. The number of nitrogens with zero attached hydrogens (tertiary/aromatic N) is 1. The standard InChI is InChI=1S/C27H29NOS/c1-17-15-16-21-20-13-9-10-14-22(20)29-24(21)23(17)28-18(2)25(19-11-7-6-8-12-19)30-26(28)27(3,4)5/h6-16,18,25-26H,1-5H3/t18-,25?,26?/m0/s1. The van der Waals surface area contributed by atoms with Crippen molar-refractivity contribution in [2.45, 2.75) is 51.3 Å². The maximum atomic E-state index is 6.48. The Morgan fingerprint density at radius 3 is 2.30 bits per heavy atom. The van der Waals surface area contributed by atoms with Crippen molar-refractivity contribution in [1.82, 2.24) is 0 Å². The Hall–Kier alpha value is -2.39. The summed E-state index contributed by atoms with van der Waals surface area (Å²) >= 11 is 2.09. The molecule has 0 N–H and O–H groups in total. The first-order valence-electron chi connectivity index (χ1n) is 10.8. The lowest BCUT2D eigenvalue weighted by Gasteiger charge is -2.38. The molecule has 3 aromatic carbocycles. The topological polar surface area (TPSA) is 16.4 Å². The SMILES string of the molecule is Cc1ccc2c(oc3ccccc32)c1N1C(C(C)(C)C)SC(c2ccccc2)[C@@H]1C. The number of hydrogen-bond donors (Lipinski definition) is 0. The van der Waals surface area contributed by atoms with Crippen LogP contribution in [0.1, 0.15) is 44.1 Å². The van der Waals surface area contributed by atoms with Gasteiger partial charge in [0.2, 0.25) is 0 Å². The highest BCUT2D eigenvalue weighted by Crippen LogP contribution is 2.55. The van der Waals surface area contributed by atoms with Crippen molar-refractivity contribution in [3.05, 3.63) is 77.9 Å². The number of para-hydroxylation sites is 1. The van der Waals surface area contributed by atoms with E-state index in [1.54, 1.807) is 0 Å². The molecule has 154 valence electrons. The third-order valence-electron chi connectivity index (χ3n) is 6.25. The molecule has 0 radical (unpaired) electrons. The summed E-state index contributed by atoms with van der Waals surface area (Å²) in [5, 5.41) is 3.18. The zero-order valence-electron chi connectivity index (χ0n) is 18.3. The molecule has 2 unspecified atom stereocenters. The molecule has 2 heterocycles. The molecule has 0 spiro atoms. The third-order valence-corrected chi connectivity index (χ3v) is 8.41. The van der Waals surface area contributed by atoms with Gasteiger partial charge in [-0.2, -0.15) is 0 Å². The molecule has 1 saturated heterocycles. The smallest absolute Gasteiger partial charge is 0.159 e. The van der Waals surface area contributed by atoms with E-state index in [1.807, 2.05) is 0 Å². The number of thioether (sulfide) groups is 1. The zero-order chi connectivity index (χ0) is 21.0. The predicted octanol–water partition coefficient (Wildman–Crippen LogP) is 7.95. The number of aryl methyl sites for hydroxylation is 1. The van der Waals surface area contributed by atoms with E-state index in [0.717, 1.165) is 11.2 Å². The Labute approximate surface area is 183 Å². The molecule has 1 aliphatic rings. The lowest BCUT2D eigenvalue weighted by molar-refractivity contribution is 0.378. The molecule has 1 aromatic heterocycles. The van der Waals surface area contributed by atoms with Crippen molar-refractivity contribution < 1.29 is 4.42 Å². The second kappa shape index (κ2) is 7.09. The average molecular weight is 416 g/mol. The van der Waals surface area contributed by atoms with Gasteiger partial charge in [-0.3, -0.25) is 0 Å².